The van der Waals surface area contributed by atoms with Gasteiger partial charge in [-0.1, -0.05) is 30.3 Å². The van der Waals surface area contributed by atoms with Gasteiger partial charge in [0.15, 0.2) is 0 Å². The van der Waals surface area contributed by atoms with Crippen molar-refractivity contribution < 1.29 is 4.79 Å². The number of piperidine rings is 1. The smallest absolute Gasteiger partial charge is 0.328 e. The second-order valence-electron chi connectivity index (χ2n) is 6.16. The molecule has 1 aromatic carbocycles. The van der Waals surface area contributed by atoms with E-state index in [1.807, 2.05) is 23.1 Å². The summed E-state index contributed by atoms with van der Waals surface area (Å²) in [6.45, 7) is 0.676. The Morgan fingerprint density at radius 1 is 1.12 bits per heavy atom. The van der Waals surface area contributed by atoms with Gasteiger partial charge in [-0.3, -0.25) is 19.1 Å². The number of aromatic nitrogens is 2. The van der Waals surface area contributed by atoms with E-state index in [9.17, 15) is 14.4 Å². The Labute approximate surface area is 139 Å². The summed E-state index contributed by atoms with van der Waals surface area (Å²) in [4.78, 5) is 39.6. The van der Waals surface area contributed by atoms with Crippen molar-refractivity contribution in [1.29, 1.82) is 0 Å². The number of H-pyrrole nitrogens is 1. The molecule has 0 radical (unpaired) electrons. The highest BCUT2D eigenvalue weighted by Gasteiger charge is 2.26. The van der Waals surface area contributed by atoms with Crippen molar-refractivity contribution in [2.75, 3.05) is 6.54 Å². The van der Waals surface area contributed by atoms with E-state index in [4.69, 9.17) is 0 Å². The molecule has 1 fully saturated rings. The topological polar surface area (TPSA) is 75.2 Å². The predicted octanol–water partition coefficient (Wildman–Crippen LogP) is 1.16. The van der Waals surface area contributed by atoms with Crippen LogP contribution in [-0.4, -0.2) is 32.9 Å². The van der Waals surface area contributed by atoms with Gasteiger partial charge in [-0.25, -0.2) is 4.79 Å². The summed E-state index contributed by atoms with van der Waals surface area (Å²) in [5.41, 5.74) is 0.208. The molecule has 1 amide bonds. The van der Waals surface area contributed by atoms with Gasteiger partial charge >= 0.3 is 5.69 Å². The Morgan fingerprint density at radius 2 is 1.92 bits per heavy atom. The monoisotopic (exact) mass is 327 g/mol. The standard InChI is InChI=1S/C18H21N3O3/c22-16-9-11-20(18(24)19-16)13-17(23)21-10-5-4-8-15(21)12-14-6-2-1-3-7-14/h1-3,6-7,9,11,15H,4-5,8,10,12-13H2,(H,19,22,24). The van der Waals surface area contributed by atoms with Crippen LogP contribution in [0.4, 0.5) is 0 Å². The molecule has 126 valence electrons. The molecule has 1 N–H and O–H groups in total. The molecule has 1 aliphatic rings. The van der Waals surface area contributed by atoms with Gasteiger partial charge in [0.05, 0.1) is 0 Å². The number of hydrogen-bond donors (Lipinski definition) is 1. The number of nitrogens with zero attached hydrogens (tertiary/aromatic N) is 2. The maximum absolute atomic E-state index is 12.7. The number of amides is 1. The summed E-state index contributed by atoms with van der Waals surface area (Å²) in [5.74, 6) is -0.0789. The summed E-state index contributed by atoms with van der Waals surface area (Å²) in [5, 5.41) is 0. The van der Waals surface area contributed by atoms with Crippen LogP contribution in [0.15, 0.2) is 52.2 Å². The van der Waals surface area contributed by atoms with E-state index in [1.165, 1.54) is 22.4 Å². The molecule has 6 heteroatoms. The average molecular weight is 327 g/mol. The normalized spacial score (nSPS) is 17.7. The van der Waals surface area contributed by atoms with Crippen molar-refractivity contribution in [3.8, 4) is 0 Å². The maximum atomic E-state index is 12.7. The molecule has 0 spiro atoms. The third-order valence-electron chi connectivity index (χ3n) is 4.46. The molecule has 6 nitrogen and oxygen atoms in total. The summed E-state index contributed by atoms with van der Waals surface area (Å²) in [6.07, 6.45) is 5.26. The first-order chi connectivity index (χ1) is 11.6. The molecule has 3 rings (SSSR count). The SMILES string of the molecule is O=C(Cn1ccc(=O)[nH]c1=O)N1CCCCC1Cc1ccccc1. The lowest BCUT2D eigenvalue weighted by atomic mass is 9.95. The molecule has 1 atom stereocenters. The van der Waals surface area contributed by atoms with Gasteiger partial charge in [0.25, 0.3) is 5.56 Å². The molecule has 1 saturated heterocycles. The summed E-state index contributed by atoms with van der Waals surface area (Å²) in [6, 6.07) is 11.6. The molecule has 2 heterocycles. The number of hydrogen-bond acceptors (Lipinski definition) is 3. The van der Waals surface area contributed by atoms with Gasteiger partial charge in [0, 0.05) is 24.8 Å². The van der Waals surface area contributed by atoms with Crippen LogP contribution in [0.3, 0.4) is 0 Å². The first-order valence-electron chi connectivity index (χ1n) is 8.26. The summed E-state index contributed by atoms with van der Waals surface area (Å²) in [7, 11) is 0. The Hall–Kier alpha value is -2.63. The lowest BCUT2D eigenvalue weighted by Crippen LogP contribution is -2.47. The minimum absolute atomic E-state index is 0.0408. The number of carbonyl (C=O) groups is 1. The Morgan fingerprint density at radius 3 is 2.67 bits per heavy atom. The van der Waals surface area contributed by atoms with Crippen molar-refractivity contribution in [3.05, 3.63) is 69.0 Å². The Bertz CT molecular complexity index is 810. The van der Waals surface area contributed by atoms with E-state index in [1.54, 1.807) is 0 Å². The molecule has 1 aliphatic heterocycles. The van der Waals surface area contributed by atoms with Crippen molar-refractivity contribution in [3.63, 3.8) is 0 Å². The van der Waals surface area contributed by atoms with Crippen molar-refractivity contribution >= 4 is 5.91 Å². The van der Waals surface area contributed by atoms with Crippen LogP contribution < -0.4 is 11.2 Å². The largest absolute Gasteiger partial charge is 0.338 e. The molecule has 0 aliphatic carbocycles. The molecule has 0 bridgehead atoms. The van der Waals surface area contributed by atoms with E-state index in [0.717, 1.165) is 25.7 Å². The number of aromatic amines is 1. The van der Waals surface area contributed by atoms with E-state index in [-0.39, 0.29) is 18.5 Å². The zero-order valence-corrected chi connectivity index (χ0v) is 13.5. The lowest BCUT2D eigenvalue weighted by Gasteiger charge is -2.36. The highest BCUT2D eigenvalue weighted by molar-refractivity contribution is 5.76. The number of benzene rings is 1. The number of carbonyl (C=O) groups excluding carboxylic acids is 1. The van der Waals surface area contributed by atoms with Crippen molar-refractivity contribution in [2.24, 2.45) is 0 Å². The van der Waals surface area contributed by atoms with E-state index < -0.39 is 11.2 Å². The van der Waals surface area contributed by atoms with Gasteiger partial charge in [-0.05, 0) is 31.2 Å². The lowest BCUT2D eigenvalue weighted by molar-refractivity contribution is -0.135. The predicted molar refractivity (Wildman–Crippen MR) is 90.8 cm³/mol. The fourth-order valence-corrected chi connectivity index (χ4v) is 3.23. The molecule has 1 aromatic heterocycles. The third-order valence-corrected chi connectivity index (χ3v) is 4.46. The minimum atomic E-state index is -0.549. The van der Waals surface area contributed by atoms with Crippen LogP contribution in [-0.2, 0) is 17.8 Å². The van der Waals surface area contributed by atoms with Crippen molar-refractivity contribution in [1.82, 2.24) is 14.5 Å². The van der Waals surface area contributed by atoms with E-state index in [0.29, 0.717) is 6.54 Å². The molecule has 2 aromatic rings. The summed E-state index contributed by atoms with van der Waals surface area (Å²) < 4.78 is 1.25. The Kier molecular flexibility index (Phi) is 4.93. The number of likely N-dealkylation sites (tertiary alicyclic amines) is 1. The molecular weight excluding hydrogens is 306 g/mol. The minimum Gasteiger partial charge on any atom is -0.338 e. The highest BCUT2D eigenvalue weighted by Crippen LogP contribution is 2.21. The van der Waals surface area contributed by atoms with E-state index in [2.05, 4.69) is 17.1 Å². The second-order valence-corrected chi connectivity index (χ2v) is 6.16. The first kappa shape index (κ1) is 16.2. The van der Waals surface area contributed by atoms with Crippen LogP contribution in [0, 0.1) is 0 Å². The Balaban J connectivity index is 1.73. The molecular formula is C18H21N3O3. The zero-order valence-electron chi connectivity index (χ0n) is 13.5. The fourth-order valence-electron chi connectivity index (χ4n) is 3.23. The fraction of sp³-hybridized carbons (Fsp3) is 0.389. The second kappa shape index (κ2) is 7.29. The van der Waals surface area contributed by atoms with Crippen LogP contribution in [0.25, 0.3) is 0 Å². The summed E-state index contributed by atoms with van der Waals surface area (Å²) >= 11 is 0. The van der Waals surface area contributed by atoms with Crippen LogP contribution in [0.5, 0.6) is 0 Å². The van der Waals surface area contributed by atoms with Crippen LogP contribution in [0.2, 0.25) is 0 Å². The maximum Gasteiger partial charge on any atom is 0.328 e. The quantitative estimate of drug-likeness (QED) is 0.916. The number of rotatable bonds is 4. The third kappa shape index (κ3) is 3.82. The average Bonchev–Trinajstić information content (AvgIpc) is 2.59. The van der Waals surface area contributed by atoms with Crippen LogP contribution >= 0.6 is 0 Å². The van der Waals surface area contributed by atoms with Crippen LogP contribution in [0.1, 0.15) is 24.8 Å². The molecule has 24 heavy (non-hydrogen) atoms. The van der Waals surface area contributed by atoms with Gasteiger partial charge in [-0.2, -0.15) is 0 Å². The number of nitrogens with one attached hydrogen (secondary N) is 1. The first-order valence-corrected chi connectivity index (χ1v) is 8.26. The van der Waals surface area contributed by atoms with Gasteiger partial charge in [-0.15, -0.1) is 0 Å². The van der Waals surface area contributed by atoms with Gasteiger partial charge in [0.1, 0.15) is 6.54 Å². The van der Waals surface area contributed by atoms with Gasteiger partial charge < -0.3 is 4.90 Å². The zero-order chi connectivity index (χ0) is 16.9. The van der Waals surface area contributed by atoms with E-state index >= 15 is 0 Å². The molecule has 0 saturated carbocycles. The van der Waals surface area contributed by atoms with Gasteiger partial charge in [0.2, 0.25) is 5.91 Å². The molecule has 1 unspecified atom stereocenters. The highest BCUT2D eigenvalue weighted by atomic mass is 16.2. The van der Waals surface area contributed by atoms with Crippen molar-refractivity contribution in [2.45, 2.75) is 38.3 Å².